The second-order valence-electron chi connectivity index (χ2n) is 7.85. The van der Waals surface area contributed by atoms with Crippen LogP contribution >= 0.6 is 27.7 Å². The van der Waals surface area contributed by atoms with Crippen molar-refractivity contribution in [1.82, 2.24) is 14.8 Å². The average molecular weight is 530 g/mol. The molecule has 0 aliphatic carbocycles. The van der Waals surface area contributed by atoms with Gasteiger partial charge in [-0.15, -0.1) is 10.2 Å². The van der Waals surface area contributed by atoms with E-state index in [1.165, 1.54) is 11.8 Å². The number of carbonyl (C=O) groups excluding carboxylic acids is 2. The van der Waals surface area contributed by atoms with Crippen LogP contribution in [0.25, 0.3) is 0 Å². The van der Waals surface area contributed by atoms with Crippen LogP contribution in [0, 0.1) is 13.8 Å². The zero-order valence-corrected chi connectivity index (χ0v) is 21.2. The molecular weight excluding hydrogens is 506 g/mol. The summed E-state index contributed by atoms with van der Waals surface area (Å²) in [7, 11) is 1.84. The summed E-state index contributed by atoms with van der Waals surface area (Å²) in [6.45, 7) is 5.81. The Labute approximate surface area is 204 Å². The van der Waals surface area contributed by atoms with E-state index in [-0.39, 0.29) is 30.2 Å². The highest BCUT2D eigenvalue weighted by Gasteiger charge is 2.32. The lowest BCUT2D eigenvalue weighted by Gasteiger charge is -2.33. The van der Waals surface area contributed by atoms with E-state index in [1.54, 1.807) is 4.90 Å². The number of benzene rings is 2. The summed E-state index contributed by atoms with van der Waals surface area (Å²) in [6, 6.07) is 11.0. The molecule has 8 nitrogen and oxygen atoms in total. The van der Waals surface area contributed by atoms with Crippen LogP contribution < -0.4 is 15.0 Å². The molecule has 0 saturated heterocycles. The molecule has 1 N–H and O–H groups in total. The molecular formula is C23H24BrN5O3S. The number of thioether (sulfide) groups is 1. The van der Waals surface area contributed by atoms with E-state index in [1.807, 2.05) is 68.8 Å². The van der Waals surface area contributed by atoms with Crippen LogP contribution in [-0.4, -0.2) is 38.9 Å². The van der Waals surface area contributed by atoms with E-state index in [4.69, 9.17) is 4.74 Å². The van der Waals surface area contributed by atoms with Crippen LogP contribution in [0.2, 0.25) is 0 Å². The number of para-hydroxylation sites is 2. The molecule has 10 heteroatoms. The van der Waals surface area contributed by atoms with Gasteiger partial charge in [-0.05, 0) is 56.2 Å². The zero-order valence-electron chi connectivity index (χ0n) is 18.8. The van der Waals surface area contributed by atoms with Crippen molar-refractivity contribution in [2.75, 3.05) is 22.6 Å². The minimum atomic E-state index is -0.351. The first kappa shape index (κ1) is 23.3. The van der Waals surface area contributed by atoms with Gasteiger partial charge in [-0.2, -0.15) is 0 Å². The van der Waals surface area contributed by atoms with E-state index in [2.05, 4.69) is 31.4 Å². The highest BCUT2D eigenvalue weighted by Crippen LogP contribution is 2.37. The zero-order chi connectivity index (χ0) is 23.7. The Kier molecular flexibility index (Phi) is 6.76. The normalized spacial score (nSPS) is 14.0. The number of carbonyl (C=O) groups is 2. The molecule has 2 amide bonds. The maximum atomic E-state index is 12.6. The summed E-state index contributed by atoms with van der Waals surface area (Å²) in [5.41, 5.74) is 3.51. The van der Waals surface area contributed by atoms with Gasteiger partial charge in [0.1, 0.15) is 5.75 Å². The van der Waals surface area contributed by atoms with E-state index in [0.717, 1.165) is 21.3 Å². The van der Waals surface area contributed by atoms with Gasteiger partial charge in [0.2, 0.25) is 5.91 Å². The number of amides is 2. The number of aromatic nitrogens is 3. The SMILES string of the molecule is Cc1cc(Br)cc(C)c1NC(=O)CSc1nnc(C(C)N2C(=O)COc3ccccc32)n1C. The lowest BCUT2D eigenvalue weighted by Crippen LogP contribution is -2.41. The number of hydrogen-bond acceptors (Lipinski definition) is 6. The first-order chi connectivity index (χ1) is 15.8. The van der Waals surface area contributed by atoms with Crippen molar-refractivity contribution in [1.29, 1.82) is 0 Å². The number of hydrogen-bond donors (Lipinski definition) is 1. The second-order valence-corrected chi connectivity index (χ2v) is 9.71. The summed E-state index contributed by atoms with van der Waals surface area (Å²) in [5, 5.41) is 12.2. The van der Waals surface area contributed by atoms with Crippen molar-refractivity contribution in [3.05, 3.63) is 57.8 Å². The summed E-state index contributed by atoms with van der Waals surface area (Å²) in [4.78, 5) is 26.9. The Balaban J connectivity index is 1.46. The molecule has 1 unspecified atom stereocenters. The number of anilines is 2. The predicted octanol–water partition coefficient (Wildman–Crippen LogP) is 4.41. The number of nitrogens with one attached hydrogen (secondary N) is 1. The molecule has 0 bridgehead atoms. The van der Waals surface area contributed by atoms with Gasteiger partial charge in [0, 0.05) is 17.2 Å². The van der Waals surface area contributed by atoms with Crippen LogP contribution in [0.15, 0.2) is 46.0 Å². The molecule has 33 heavy (non-hydrogen) atoms. The molecule has 1 atom stereocenters. The van der Waals surface area contributed by atoms with Crippen LogP contribution in [-0.2, 0) is 16.6 Å². The number of rotatable bonds is 6. The third kappa shape index (κ3) is 4.77. The molecule has 0 radical (unpaired) electrons. The van der Waals surface area contributed by atoms with Crippen LogP contribution in [0.1, 0.15) is 29.9 Å². The smallest absolute Gasteiger partial charge is 0.265 e. The number of fused-ring (bicyclic) bond motifs is 1. The Bertz CT molecular complexity index is 1210. The number of ether oxygens (including phenoxy) is 1. The van der Waals surface area contributed by atoms with Gasteiger partial charge in [-0.3, -0.25) is 14.5 Å². The Hall–Kier alpha value is -2.85. The maximum Gasteiger partial charge on any atom is 0.265 e. The van der Waals surface area contributed by atoms with Crippen LogP contribution in [0.3, 0.4) is 0 Å². The minimum Gasteiger partial charge on any atom is -0.482 e. The molecule has 0 saturated carbocycles. The van der Waals surface area contributed by atoms with E-state index in [0.29, 0.717) is 22.4 Å². The Morgan fingerprint density at radius 1 is 1.24 bits per heavy atom. The fourth-order valence-electron chi connectivity index (χ4n) is 3.89. The summed E-state index contributed by atoms with van der Waals surface area (Å²) in [5.74, 6) is 1.22. The predicted molar refractivity (Wildman–Crippen MR) is 132 cm³/mol. The number of aryl methyl sites for hydroxylation is 2. The van der Waals surface area contributed by atoms with E-state index < -0.39 is 0 Å². The van der Waals surface area contributed by atoms with Crippen molar-refractivity contribution in [3.8, 4) is 5.75 Å². The van der Waals surface area contributed by atoms with Gasteiger partial charge in [0.25, 0.3) is 5.91 Å². The highest BCUT2D eigenvalue weighted by molar-refractivity contribution is 9.10. The van der Waals surface area contributed by atoms with Crippen molar-refractivity contribution in [3.63, 3.8) is 0 Å². The number of halogens is 1. The third-order valence-corrected chi connectivity index (χ3v) is 6.95. The molecule has 0 spiro atoms. The molecule has 172 valence electrons. The van der Waals surface area contributed by atoms with E-state index >= 15 is 0 Å². The molecule has 4 rings (SSSR count). The van der Waals surface area contributed by atoms with Gasteiger partial charge in [0.05, 0.1) is 17.5 Å². The Morgan fingerprint density at radius 2 is 1.94 bits per heavy atom. The quantitative estimate of drug-likeness (QED) is 0.475. The third-order valence-electron chi connectivity index (χ3n) is 5.47. The van der Waals surface area contributed by atoms with Crippen LogP contribution in [0.4, 0.5) is 11.4 Å². The Morgan fingerprint density at radius 3 is 2.67 bits per heavy atom. The topological polar surface area (TPSA) is 89.3 Å². The first-order valence-electron chi connectivity index (χ1n) is 10.4. The van der Waals surface area contributed by atoms with Gasteiger partial charge < -0.3 is 14.6 Å². The molecule has 1 aromatic heterocycles. The van der Waals surface area contributed by atoms with Gasteiger partial charge in [-0.25, -0.2) is 0 Å². The lowest BCUT2D eigenvalue weighted by molar-refractivity contribution is -0.121. The molecule has 2 aromatic carbocycles. The van der Waals surface area contributed by atoms with Crippen molar-refractivity contribution in [2.24, 2.45) is 7.05 Å². The fourth-order valence-corrected chi connectivity index (χ4v) is 5.30. The highest BCUT2D eigenvalue weighted by atomic mass is 79.9. The molecule has 3 aromatic rings. The summed E-state index contributed by atoms with van der Waals surface area (Å²) >= 11 is 4.77. The van der Waals surface area contributed by atoms with Gasteiger partial charge >= 0.3 is 0 Å². The largest absolute Gasteiger partial charge is 0.482 e. The van der Waals surface area contributed by atoms with Gasteiger partial charge in [-0.1, -0.05) is 39.8 Å². The monoisotopic (exact) mass is 529 g/mol. The van der Waals surface area contributed by atoms with Crippen molar-refractivity contribution in [2.45, 2.75) is 32.0 Å². The fraction of sp³-hybridized carbons (Fsp3) is 0.304. The first-order valence-corrected chi connectivity index (χ1v) is 12.2. The summed E-state index contributed by atoms with van der Waals surface area (Å²) < 4.78 is 8.34. The molecule has 1 aliphatic rings. The standard InChI is InChI=1S/C23H24BrN5O3S/c1-13-9-16(24)10-14(2)21(13)25-19(30)12-33-23-27-26-22(28(23)4)15(3)29-17-7-5-6-8-18(17)32-11-20(29)31/h5-10,15H,11-12H2,1-4H3,(H,25,30). The average Bonchev–Trinajstić information content (AvgIpc) is 3.14. The molecule has 0 fully saturated rings. The minimum absolute atomic E-state index is 0.0180. The molecule has 2 heterocycles. The molecule has 1 aliphatic heterocycles. The van der Waals surface area contributed by atoms with Crippen LogP contribution in [0.5, 0.6) is 5.75 Å². The summed E-state index contributed by atoms with van der Waals surface area (Å²) in [6.07, 6.45) is 0. The lowest BCUT2D eigenvalue weighted by atomic mass is 10.1. The van der Waals surface area contributed by atoms with Crippen molar-refractivity contribution < 1.29 is 14.3 Å². The maximum absolute atomic E-state index is 12.6. The van der Waals surface area contributed by atoms with Crippen molar-refractivity contribution >= 4 is 50.9 Å². The van der Waals surface area contributed by atoms with Gasteiger partial charge in [0.15, 0.2) is 17.6 Å². The number of nitrogens with zero attached hydrogens (tertiary/aromatic N) is 4. The van der Waals surface area contributed by atoms with E-state index in [9.17, 15) is 9.59 Å². The second kappa shape index (κ2) is 9.56.